The van der Waals surface area contributed by atoms with Crippen molar-refractivity contribution >= 4 is 11.6 Å². The second-order valence-corrected chi connectivity index (χ2v) is 5.63. The molecule has 1 atom stereocenters. The van der Waals surface area contributed by atoms with Gasteiger partial charge in [-0.25, -0.2) is 0 Å². The second-order valence-electron chi connectivity index (χ2n) is 5.63. The molecule has 4 nitrogen and oxygen atoms in total. The first-order valence-corrected chi connectivity index (χ1v) is 7.98. The summed E-state index contributed by atoms with van der Waals surface area (Å²) in [7, 11) is 0. The molecule has 1 aliphatic heterocycles. The van der Waals surface area contributed by atoms with Crippen molar-refractivity contribution in [2.45, 2.75) is 39.0 Å². The molecule has 116 valence electrons. The fraction of sp³-hybridized carbons (Fsp3) is 0.588. The zero-order valence-corrected chi connectivity index (χ0v) is 12.9. The Bertz CT molecular complexity index is 456. The molecule has 0 saturated carbocycles. The van der Waals surface area contributed by atoms with E-state index in [1.54, 1.807) is 0 Å². The van der Waals surface area contributed by atoms with Crippen LogP contribution in [0.3, 0.4) is 0 Å². The van der Waals surface area contributed by atoms with E-state index in [-0.39, 0.29) is 5.91 Å². The summed E-state index contributed by atoms with van der Waals surface area (Å²) < 4.78 is 5.60. The van der Waals surface area contributed by atoms with Crippen molar-refractivity contribution in [2.24, 2.45) is 11.7 Å². The summed E-state index contributed by atoms with van der Waals surface area (Å²) in [5.74, 6) is 1.58. The Balaban J connectivity index is 1.95. The predicted molar refractivity (Wildman–Crippen MR) is 85.6 cm³/mol. The molecular formula is C17H26N2O2. The quantitative estimate of drug-likeness (QED) is 0.840. The molecule has 1 aliphatic rings. The average Bonchev–Trinajstić information content (AvgIpc) is 2.52. The third kappa shape index (κ3) is 4.21. The number of ether oxygens (including phenoxy) is 1. The van der Waals surface area contributed by atoms with Crippen LogP contribution in [0.4, 0.5) is 5.69 Å². The maximum absolute atomic E-state index is 12.5. The zero-order chi connectivity index (χ0) is 15.1. The molecule has 0 aromatic heterocycles. The summed E-state index contributed by atoms with van der Waals surface area (Å²) in [6.45, 7) is 4.11. The monoisotopic (exact) mass is 290 g/mol. The molecule has 0 fully saturated rings. The molecule has 0 radical (unpaired) electrons. The van der Waals surface area contributed by atoms with E-state index >= 15 is 0 Å². The lowest BCUT2D eigenvalue weighted by Gasteiger charge is -2.30. The number of rotatable bonds is 7. The van der Waals surface area contributed by atoms with Crippen molar-refractivity contribution < 1.29 is 9.53 Å². The van der Waals surface area contributed by atoms with Crippen LogP contribution in [0.2, 0.25) is 0 Å². The zero-order valence-electron chi connectivity index (χ0n) is 12.9. The normalized spacial score (nSPS) is 15.2. The van der Waals surface area contributed by atoms with Crippen LogP contribution in [0.5, 0.6) is 5.75 Å². The fourth-order valence-electron chi connectivity index (χ4n) is 2.97. The van der Waals surface area contributed by atoms with E-state index in [9.17, 15) is 4.79 Å². The summed E-state index contributed by atoms with van der Waals surface area (Å²) in [4.78, 5) is 14.4. The van der Waals surface area contributed by atoms with Crippen molar-refractivity contribution in [1.82, 2.24) is 0 Å². The minimum absolute atomic E-state index is 0.198. The maximum atomic E-state index is 12.5. The van der Waals surface area contributed by atoms with Crippen molar-refractivity contribution in [1.29, 1.82) is 0 Å². The highest BCUT2D eigenvalue weighted by molar-refractivity contribution is 5.95. The van der Waals surface area contributed by atoms with E-state index in [2.05, 4.69) is 6.92 Å². The van der Waals surface area contributed by atoms with Gasteiger partial charge in [0.05, 0.1) is 12.2 Å². The van der Waals surface area contributed by atoms with Gasteiger partial charge in [0.1, 0.15) is 12.4 Å². The molecule has 2 rings (SSSR count). The molecular weight excluding hydrogens is 264 g/mol. The Morgan fingerprint density at radius 2 is 2.14 bits per heavy atom. The van der Waals surface area contributed by atoms with Gasteiger partial charge in [-0.3, -0.25) is 4.79 Å². The van der Waals surface area contributed by atoms with Gasteiger partial charge < -0.3 is 15.4 Å². The molecule has 1 amide bonds. The van der Waals surface area contributed by atoms with Crippen molar-refractivity contribution in [3.63, 3.8) is 0 Å². The fourth-order valence-corrected chi connectivity index (χ4v) is 2.97. The standard InChI is InChI=1S/C17H26N2O2/c1-2-5-14(10-11-18)8-9-17(20)19-12-13-21-16-7-4-3-6-15(16)19/h3-4,6-7,14H,2,5,8-13,18H2,1H3. The Morgan fingerprint density at radius 3 is 2.90 bits per heavy atom. The van der Waals surface area contributed by atoms with E-state index in [0.29, 0.717) is 32.0 Å². The van der Waals surface area contributed by atoms with Crippen LogP contribution in [0.15, 0.2) is 24.3 Å². The predicted octanol–water partition coefficient (Wildman–Crippen LogP) is 2.96. The highest BCUT2D eigenvalue weighted by Crippen LogP contribution is 2.31. The minimum atomic E-state index is 0.198. The first-order valence-electron chi connectivity index (χ1n) is 7.98. The van der Waals surface area contributed by atoms with Gasteiger partial charge in [0, 0.05) is 6.42 Å². The molecule has 4 heteroatoms. The van der Waals surface area contributed by atoms with Gasteiger partial charge in [-0.15, -0.1) is 0 Å². The summed E-state index contributed by atoms with van der Waals surface area (Å²) in [5.41, 5.74) is 6.56. The number of carbonyl (C=O) groups excluding carboxylic acids is 1. The van der Waals surface area contributed by atoms with Crippen molar-refractivity contribution in [2.75, 3.05) is 24.6 Å². The number of anilines is 1. The molecule has 1 aromatic rings. The molecule has 21 heavy (non-hydrogen) atoms. The van der Waals surface area contributed by atoms with Crippen LogP contribution >= 0.6 is 0 Å². The van der Waals surface area contributed by atoms with Gasteiger partial charge in [-0.2, -0.15) is 0 Å². The lowest BCUT2D eigenvalue weighted by molar-refractivity contribution is -0.119. The van der Waals surface area contributed by atoms with Crippen LogP contribution in [0, 0.1) is 5.92 Å². The molecule has 1 unspecified atom stereocenters. The number of para-hydroxylation sites is 2. The lowest BCUT2D eigenvalue weighted by atomic mass is 9.94. The first kappa shape index (κ1) is 15.8. The molecule has 0 spiro atoms. The van der Waals surface area contributed by atoms with Crippen molar-refractivity contribution in [3.8, 4) is 5.75 Å². The lowest BCUT2D eigenvalue weighted by Crippen LogP contribution is -2.38. The highest BCUT2D eigenvalue weighted by atomic mass is 16.5. The summed E-state index contributed by atoms with van der Waals surface area (Å²) in [6, 6.07) is 7.76. The Labute approximate surface area is 127 Å². The minimum Gasteiger partial charge on any atom is -0.490 e. The van der Waals surface area contributed by atoms with Crippen LogP contribution in [0.25, 0.3) is 0 Å². The number of fused-ring (bicyclic) bond motifs is 1. The number of nitrogens with two attached hydrogens (primary N) is 1. The third-order valence-electron chi connectivity index (χ3n) is 4.07. The molecule has 0 saturated heterocycles. The average molecular weight is 290 g/mol. The van der Waals surface area contributed by atoms with Gasteiger partial charge in [0.2, 0.25) is 5.91 Å². The first-order chi connectivity index (χ1) is 10.3. The highest BCUT2D eigenvalue weighted by Gasteiger charge is 2.23. The Hall–Kier alpha value is -1.55. The van der Waals surface area contributed by atoms with E-state index in [0.717, 1.165) is 37.1 Å². The van der Waals surface area contributed by atoms with Crippen LogP contribution in [-0.2, 0) is 4.79 Å². The SMILES string of the molecule is CCCC(CCN)CCC(=O)N1CCOc2ccccc21. The number of benzene rings is 1. The van der Waals surface area contributed by atoms with Gasteiger partial charge in [-0.1, -0.05) is 31.9 Å². The van der Waals surface area contributed by atoms with Gasteiger partial charge in [-0.05, 0) is 37.4 Å². The van der Waals surface area contributed by atoms with Crippen molar-refractivity contribution in [3.05, 3.63) is 24.3 Å². The van der Waals surface area contributed by atoms with Gasteiger partial charge in [0.15, 0.2) is 0 Å². The molecule has 2 N–H and O–H groups in total. The van der Waals surface area contributed by atoms with Crippen LogP contribution in [0.1, 0.15) is 39.0 Å². The van der Waals surface area contributed by atoms with E-state index in [1.807, 2.05) is 29.2 Å². The third-order valence-corrected chi connectivity index (χ3v) is 4.07. The van der Waals surface area contributed by atoms with E-state index in [4.69, 9.17) is 10.5 Å². The number of hydrogen-bond acceptors (Lipinski definition) is 3. The molecule has 1 aromatic carbocycles. The molecule has 1 heterocycles. The number of carbonyl (C=O) groups is 1. The summed E-state index contributed by atoms with van der Waals surface area (Å²) in [5, 5.41) is 0. The Kier molecular flexibility index (Phi) is 6.05. The molecule has 0 bridgehead atoms. The topological polar surface area (TPSA) is 55.6 Å². The van der Waals surface area contributed by atoms with Crippen LogP contribution < -0.4 is 15.4 Å². The van der Waals surface area contributed by atoms with Gasteiger partial charge in [0.25, 0.3) is 0 Å². The van der Waals surface area contributed by atoms with E-state index < -0.39 is 0 Å². The number of amides is 1. The number of nitrogens with zero attached hydrogens (tertiary/aromatic N) is 1. The summed E-state index contributed by atoms with van der Waals surface area (Å²) in [6.07, 6.45) is 4.85. The second kappa shape index (κ2) is 8.03. The smallest absolute Gasteiger partial charge is 0.227 e. The maximum Gasteiger partial charge on any atom is 0.227 e. The van der Waals surface area contributed by atoms with Crippen LogP contribution in [-0.4, -0.2) is 25.6 Å². The Morgan fingerprint density at radius 1 is 1.33 bits per heavy atom. The summed E-state index contributed by atoms with van der Waals surface area (Å²) >= 11 is 0. The molecule has 0 aliphatic carbocycles. The van der Waals surface area contributed by atoms with E-state index in [1.165, 1.54) is 0 Å². The largest absolute Gasteiger partial charge is 0.490 e. The number of hydrogen-bond donors (Lipinski definition) is 1. The van der Waals surface area contributed by atoms with Gasteiger partial charge >= 0.3 is 0 Å².